The van der Waals surface area contributed by atoms with Crippen molar-refractivity contribution >= 4 is 28.5 Å². The topological polar surface area (TPSA) is 100 Å². The van der Waals surface area contributed by atoms with Crippen molar-refractivity contribution in [2.45, 2.75) is 44.6 Å². The highest BCUT2D eigenvalue weighted by atomic mass is 16.5. The Morgan fingerprint density at radius 1 is 1.15 bits per heavy atom. The maximum atomic E-state index is 12.7. The third-order valence-electron chi connectivity index (χ3n) is 7.22. The first-order valence-electron chi connectivity index (χ1n) is 12.1. The molecule has 2 fully saturated rings. The van der Waals surface area contributed by atoms with Gasteiger partial charge in [-0.1, -0.05) is 0 Å². The van der Waals surface area contributed by atoms with Gasteiger partial charge >= 0.3 is 0 Å². The van der Waals surface area contributed by atoms with Gasteiger partial charge in [0, 0.05) is 61.0 Å². The number of aromatic amines is 1. The predicted octanol–water partition coefficient (Wildman–Crippen LogP) is 3.87. The minimum Gasteiger partial charge on any atom is -0.480 e. The largest absolute Gasteiger partial charge is 0.480 e. The molecule has 0 aromatic carbocycles. The van der Waals surface area contributed by atoms with Gasteiger partial charge in [0.1, 0.15) is 11.3 Å². The van der Waals surface area contributed by atoms with Gasteiger partial charge in [0.2, 0.25) is 17.7 Å². The van der Waals surface area contributed by atoms with Crippen LogP contribution in [0.1, 0.15) is 38.5 Å². The van der Waals surface area contributed by atoms with E-state index in [4.69, 9.17) is 9.72 Å². The number of hydrogen-bond donors (Lipinski definition) is 2. The van der Waals surface area contributed by atoms with E-state index in [2.05, 4.69) is 20.3 Å². The molecule has 4 aromatic rings. The van der Waals surface area contributed by atoms with Crippen molar-refractivity contribution in [1.29, 1.82) is 0 Å². The summed E-state index contributed by atoms with van der Waals surface area (Å²) in [5, 5.41) is 4.34. The molecule has 4 aromatic heterocycles. The van der Waals surface area contributed by atoms with Crippen LogP contribution in [0.2, 0.25) is 0 Å². The summed E-state index contributed by atoms with van der Waals surface area (Å²) in [6, 6.07) is 4.28. The fourth-order valence-electron chi connectivity index (χ4n) is 5.38. The lowest BCUT2D eigenvalue weighted by Gasteiger charge is -2.30. The molecule has 1 aliphatic carbocycles. The van der Waals surface area contributed by atoms with Crippen molar-refractivity contribution in [2.24, 2.45) is 5.92 Å². The van der Waals surface area contributed by atoms with Gasteiger partial charge in [-0.05, 0) is 50.7 Å². The fraction of sp³-hybridized carbons (Fsp3) is 0.440. The summed E-state index contributed by atoms with van der Waals surface area (Å²) in [5.41, 5.74) is 3.64. The van der Waals surface area contributed by atoms with E-state index in [0.29, 0.717) is 17.7 Å². The SMILES string of the molecule is COc1nc(N[C@H]2CC[C@@H](C(=O)N3CCCC3)CC2)nc2[nH]cc(-c3ccc4nccn4c3)c12. The first-order chi connectivity index (χ1) is 16.7. The van der Waals surface area contributed by atoms with Crippen molar-refractivity contribution in [2.75, 3.05) is 25.5 Å². The number of likely N-dealkylation sites (tertiary alicyclic amines) is 1. The zero-order valence-corrected chi connectivity index (χ0v) is 19.3. The monoisotopic (exact) mass is 459 g/mol. The van der Waals surface area contributed by atoms with Crippen molar-refractivity contribution in [3.63, 3.8) is 0 Å². The number of carbonyl (C=O) groups is 1. The molecule has 1 amide bonds. The Hall–Kier alpha value is -3.62. The van der Waals surface area contributed by atoms with Crippen molar-refractivity contribution in [3.8, 4) is 17.0 Å². The number of anilines is 1. The van der Waals surface area contributed by atoms with E-state index in [1.807, 2.05) is 40.0 Å². The molecule has 0 spiro atoms. The molecule has 1 saturated heterocycles. The summed E-state index contributed by atoms with van der Waals surface area (Å²) < 4.78 is 7.66. The second-order valence-corrected chi connectivity index (χ2v) is 9.32. The van der Waals surface area contributed by atoms with Crippen LogP contribution < -0.4 is 10.1 Å². The average molecular weight is 460 g/mol. The first kappa shape index (κ1) is 20.9. The quantitative estimate of drug-likeness (QED) is 0.470. The lowest BCUT2D eigenvalue weighted by atomic mass is 9.85. The highest BCUT2D eigenvalue weighted by Crippen LogP contribution is 2.35. The van der Waals surface area contributed by atoms with E-state index in [9.17, 15) is 4.79 Å². The third kappa shape index (κ3) is 3.74. The van der Waals surface area contributed by atoms with Gasteiger partial charge < -0.3 is 24.3 Å². The molecule has 0 bridgehead atoms. The number of nitrogens with one attached hydrogen (secondary N) is 2. The molecular formula is C25H29N7O2. The lowest BCUT2D eigenvalue weighted by Crippen LogP contribution is -2.37. The predicted molar refractivity (Wildman–Crippen MR) is 130 cm³/mol. The molecule has 176 valence electrons. The van der Waals surface area contributed by atoms with Crippen LogP contribution in [0.25, 0.3) is 27.8 Å². The van der Waals surface area contributed by atoms with Crippen LogP contribution >= 0.6 is 0 Å². The Morgan fingerprint density at radius 3 is 2.76 bits per heavy atom. The minimum absolute atomic E-state index is 0.160. The van der Waals surface area contributed by atoms with Gasteiger partial charge in [0.15, 0.2) is 0 Å². The van der Waals surface area contributed by atoms with Gasteiger partial charge in [-0.3, -0.25) is 4.79 Å². The Balaban J connectivity index is 1.20. The van der Waals surface area contributed by atoms with E-state index in [1.54, 1.807) is 13.3 Å². The van der Waals surface area contributed by atoms with E-state index in [0.717, 1.165) is 79.4 Å². The Morgan fingerprint density at radius 2 is 1.97 bits per heavy atom. The number of amides is 1. The lowest BCUT2D eigenvalue weighted by molar-refractivity contribution is -0.135. The Bertz CT molecular complexity index is 1330. The molecular weight excluding hydrogens is 430 g/mol. The Kier molecular flexibility index (Phi) is 5.31. The Labute approximate surface area is 197 Å². The molecule has 0 unspecified atom stereocenters. The van der Waals surface area contributed by atoms with Gasteiger partial charge in [-0.15, -0.1) is 0 Å². The molecule has 0 radical (unpaired) electrons. The first-order valence-corrected chi connectivity index (χ1v) is 12.1. The van der Waals surface area contributed by atoms with E-state index in [-0.39, 0.29) is 12.0 Å². The van der Waals surface area contributed by atoms with Gasteiger partial charge in [0.25, 0.3) is 0 Å². The molecule has 9 nitrogen and oxygen atoms in total. The van der Waals surface area contributed by atoms with E-state index in [1.165, 1.54) is 0 Å². The van der Waals surface area contributed by atoms with Crippen LogP contribution in [0.4, 0.5) is 5.95 Å². The minimum atomic E-state index is 0.160. The van der Waals surface area contributed by atoms with Crippen LogP contribution in [0, 0.1) is 5.92 Å². The second-order valence-electron chi connectivity index (χ2n) is 9.32. The van der Waals surface area contributed by atoms with Crippen LogP contribution in [-0.2, 0) is 4.79 Å². The standard InChI is InChI=1S/C25H29N7O2/c1-34-23-21-19(17-6-9-20-26-10-13-32(20)15-17)14-27-22(21)29-25(30-23)28-18-7-4-16(5-8-18)24(33)31-11-2-3-12-31/h6,9-10,13-16,18H,2-5,7-8,11-12H2,1H3,(H2,27,28,29,30)/t16-,18+. The van der Waals surface area contributed by atoms with E-state index < -0.39 is 0 Å². The van der Waals surface area contributed by atoms with Gasteiger partial charge in [-0.2, -0.15) is 9.97 Å². The molecule has 34 heavy (non-hydrogen) atoms. The van der Waals surface area contributed by atoms with Crippen molar-refractivity contribution < 1.29 is 9.53 Å². The summed E-state index contributed by atoms with van der Waals surface area (Å²) in [7, 11) is 1.64. The van der Waals surface area contributed by atoms with Crippen LogP contribution in [0.5, 0.6) is 5.88 Å². The maximum absolute atomic E-state index is 12.7. The number of aromatic nitrogens is 5. The number of rotatable bonds is 5. The third-order valence-corrected chi connectivity index (χ3v) is 7.22. The molecule has 5 heterocycles. The molecule has 1 saturated carbocycles. The number of carbonyl (C=O) groups excluding carboxylic acids is 1. The van der Waals surface area contributed by atoms with Crippen molar-refractivity contribution in [3.05, 3.63) is 36.9 Å². The second kappa shape index (κ2) is 8.62. The average Bonchev–Trinajstić information content (AvgIpc) is 3.64. The smallest absolute Gasteiger partial charge is 0.228 e. The molecule has 9 heteroatoms. The maximum Gasteiger partial charge on any atom is 0.228 e. The molecule has 0 atom stereocenters. The number of ether oxygens (including phenoxy) is 1. The summed E-state index contributed by atoms with van der Waals surface area (Å²) in [6.45, 7) is 1.86. The van der Waals surface area contributed by atoms with E-state index >= 15 is 0 Å². The number of H-pyrrole nitrogens is 1. The number of nitrogens with zero attached hydrogens (tertiary/aromatic N) is 5. The van der Waals surface area contributed by atoms with Crippen LogP contribution in [-0.4, -0.2) is 61.4 Å². The molecule has 2 aliphatic rings. The highest BCUT2D eigenvalue weighted by Gasteiger charge is 2.31. The van der Waals surface area contributed by atoms with Crippen LogP contribution in [0.3, 0.4) is 0 Å². The molecule has 1 aliphatic heterocycles. The zero-order chi connectivity index (χ0) is 23.1. The van der Waals surface area contributed by atoms with Crippen LogP contribution in [0.15, 0.2) is 36.9 Å². The zero-order valence-electron chi connectivity index (χ0n) is 19.3. The number of hydrogen-bond acceptors (Lipinski definition) is 6. The number of methoxy groups -OCH3 is 1. The summed E-state index contributed by atoms with van der Waals surface area (Å²) in [5.74, 6) is 1.60. The molecule has 2 N–H and O–H groups in total. The van der Waals surface area contributed by atoms with Crippen molar-refractivity contribution in [1.82, 2.24) is 29.2 Å². The van der Waals surface area contributed by atoms with Gasteiger partial charge in [-0.25, -0.2) is 4.98 Å². The summed E-state index contributed by atoms with van der Waals surface area (Å²) in [6.07, 6.45) is 13.7. The molecule has 6 rings (SSSR count). The number of pyridine rings is 1. The summed E-state index contributed by atoms with van der Waals surface area (Å²) >= 11 is 0. The van der Waals surface area contributed by atoms with Gasteiger partial charge in [0.05, 0.1) is 12.5 Å². The normalized spacial score (nSPS) is 20.8. The number of imidazole rings is 1. The summed E-state index contributed by atoms with van der Waals surface area (Å²) in [4.78, 5) is 31.8. The number of fused-ring (bicyclic) bond motifs is 2. The highest BCUT2D eigenvalue weighted by molar-refractivity contribution is 5.97. The fourth-order valence-corrected chi connectivity index (χ4v) is 5.38.